The molecule has 3 nitrogen and oxygen atoms in total. The Balaban J connectivity index is 1.77. The summed E-state index contributed by atoms with van der Waals surface area (Å²) in [6, 6.07) is 20.0. The number of para-hydroxylation sites is 1. The molecular formula is C21H16Br2N2O. The van der Waals surface area contributed by atoms with E-state index in [2.05, 4.69) is 72.9 Å². The summed E-state index contributed by atoms with van der Waals surface area (Å²) in [5, 5.41) is 5.36. The molecule has 0 saturated carbocycles. The Hall–Kier alpha value is -2.11. The highest BCUT2D eigenvalue weighted by molar-refractivity contribution is 9.11. The zero-order valence-corrected chi connectivity index (χ0v) is 17.3. The molecule has 0 aliphatic heterocycles. The van der Waals surface area contributed by atoms with Crippen LogP contribution in [0.3, 0.4) is 0 Å². The SMILES string of the molecule is CCn1c2ccccc2c2cc(NC(=O)c3cc(Br)ccc3Br)ccc21. The first-order chi connectivity index (χ1) is 12.6. The van der Waals surface area contributed by atoms with Gasteiger partial charge in [-0.2, -0.15) is 0 Å². The van der Waals surface area contributed by atoms with Crippen molar-refractivity contribution < 1.29 is 4.79 Å². The van der Waals surface area contributed by atoms with E-state index in [0.717, 1.165) is 26.6 Å². The lowest BCUT2D eigenvalue weighted by Crippen LogP contribution is -2.12. The molecule has 1 aromatic heterocycles. The van der Waals surface area contributed by atoms with Crippen molar-refractivity contribution in [2.75, 3.05) is 5.32 Å². The Kier molecular flexibility index (Phi) is 4.59. The van der Waals surface area contributed by atoms with Crippen molar-refractivity contribution >= 4 is 65.3 Å². The molecule has 0 radical (unpaired) electrons. The molecule has 130 valence electrons. The number of anilines is 1. The average Bonchev–Trinajstić information content (AvgIpc) is 2.97. The normalized spacial score (nSPS) is 11.2. The van der Waals surface area contributed by atoms with Crippen LogP contribution >= 0.6 is 31.9 Å². The number of aromatic nitrogens is 1. The van der Waals surface area contributed by atoms with E-state index in [1.807, 2.05) is 30.3 Å². The Morgan fingerprint density at radius 2 is 1.73 bits per heavy atom. The summed E-state index contributed by atoms with van der Waals surface area (Å²) in [5.41, 5.74) is 3.77. The van der Waals surface area contributed by atoms with E-state index in [1.54, 1.807) is 6.07 Å². The number of rotatable bonds is 3. The van der Waals surface area contributed by atoms with Gasteiger partial charge in [-0.05, 0) is 65.3 Å². The second kappa shape index (κ2) is 6.89. The molecule has 1 N–H and O–H groups in total. The highest BCUT2D eigenvalue weighted by atomic mass is 79.9. The van der Waals surface area contributed by atoms with Gasteiger partial charge in [0.15, 0.2) is 0 Å². The van der Waals surface area contributed by atoms with Gasteiger partial charge in [-0.25, -0.2) is 0 Å². The van der Waals surface area contributed by atoms with Crippen molar-refractivity contribution in [3.63, 3.8) is 0 Å². The zero-order chi connectivity index (χ0) is 18.3. The maximum atomic E-state index is 12.7. The molecule has 0 fully saturated rings. The van der Waals surface area contributed by atoms with Crippen LogP contribution in [0.25, 0.3) is 21.8 Å². The summed E-state index contributed by atoms with van der Waals surface area (Å²) in [4.78, 5) is 12.7. The molecule has 1 amide bonds. The average molecular weight is 472 g/mol. The van der Waals surface area contributed by atoms with Crippen molar-refractivity contribution in [3.8, 4) is 0 Å². The summed E-state index contributed by atoms with van der Waals surface area (Å²) in [7, 11) is 0. The van der Waals surface area contributed by atoms with Gasteiger partial charge in [0.1, 0.15) is 0 Å². The highest BCUT2D eigenvalue weighted by Crippen LogP contribution is 2.31. The van der Waals surface area contributed by atoms with Gasteiger partial charge in [-0.15, -0.1) is 0 Å². The number of nitrogens with one attached hydrogen (secondary N) is 1. The fraction of sp³-hybridized carbons (Fsp3) is 0.0952. The molecule has 3 aromatic carbocycles. The minimum atomic E-state index is -0.142. The van der Waals surface area contributed by atoms with Gasteiger partial charge >= 0.3 is 0 Å². The number of carbonyl (C=O) groups is 1. The number of nitrogens with zero attached hydrogens (tertiary/aromatic N) is 1. The molecule has 0 spiro atoms. The number of amides is 1. The van der Waals surface area contributed by atoms with Gasteiger partial charge in [0.25, 0.3) is 5.91 Å². The molecule has 0 aliphatic carbocycles. The summed E-state index contributed by atoms with van der Waals surface area (Å²) in [6.07, 6.45) is 0. The molecule has 0 atom stereocenters. The second-order valence-corrected chi connectivity index (χ2v) is 7.84. The molecule has 0 unspecified atom stereocenters. The molecule has 26 heavy (non-hydrogen) atoms. The minimum absolute atomic E-state index is 0.142. The quantitative estimate of drug-likeness (QED) is 0.359. The first-order valence-electron chi connectivity index (χ1n) is 8.36. The number of halogens is 2. The topological polar surface area (TPSA) is 34.0 Å². The maximum Gasteiger partial charge on any atom is 0.256 e. The Bertz CT molecular complexity index is 1150. The van der Waals surface area contributed by atoms with E-state index in [1.165, 1.54) is 16.4 Å². The summed E-state index contributed by atoms with van der Waals surface area (Å²) in [6.45, 7) is 3.05. The van der Waals surface area contributed by atoms with E-state index in [0.29, 0.717) is 5.56 Å². The van der Waals surface area contributed by atoms with Gasteiger partial charge in [0.2, 0.25) is 0 Å². The molecule has 4 rings (SSSR count). The fourth-order valence-electron chi connectivity index (χ4n) is 3.34. The lowest BCUT2D eigenvalue weighted by atomic mass is 10.1. The van der Waals surface area contributed by atoms with Gasteiger partial charge in [0.05, 0.1) is 5.56 Å². The molecule has 5 heteroatoms. The Morgan fingerprint density at radius 3 is 2.54 bits per heavy atom. The smallest absolute Gasteiger partial charge is 0.256 e. The van der Waals surface area contributed by atoms with E-state index < -0.39 is 0 Å². The standard InChI is InChI=1S/C21H16Br2N2O/c1-2-25-19-6-4-3-5-15(19)16-12-14(8-10-20(16)25)24-21(26)17-11-13(22)7-9-18(17)23/h3-12H,2H2,1H3,(H,24,26). The van der Waals surface area contributed by atoms with Crippen LogP contribution in [-0.2, 0) is 6.54 Å². The van der Waals surface area contributed by atoms with Gasteiger partial charge in [-0.3, -0.25) is 4.79 Å². The van der Waals surface area contributed by atoms with Crippen LogP contribution in [0.5, 0.6) is 0 Å². The first-order valence-corrected chi connectivity index (χ1v) is 9.94. The van der Waals surface area contributed by atoms with Crippen molar-refractivity contribution in [2.24, 2.45) is 0 Å². The van der Waals surface area contributed by atoms with Crippen LogP contribution in [0.1, 0.15) is 17.3 Å². The molecule has 0 aliphatic rings. The van der Waals surface area contributed by atoms with Crippen LogP contribution in [0.4, 0.5) is 5.69 Å². The van der Waals surface area contributed by atoms with Crippen LogP contribution in [0, 0.1) is 0 Å². The second-order valence-electron chi connectivity index (χ2n) is 6.07. The maximum absolute atomic E-state index is 12.7. The Labute approximate surface area is 168 Å². The third-order valence-electron chi connectivity index (χ3n) is 4.52. The first kappa shape index (κ1) is 17.3. The monoisotopic (exact) mass is 470 g/mol. The van der Waals surface area contributed by atoms with Crippen molar-refractivity contribution in [1.82, 2.24) is 4.57 Å². The number of benzene rings is 3. The van der Waals surface area contributed by atoms with Gasteiger partial charge in [-0.1, -0.05) is 34.1 Å². The lowest BCUT2D eigenvalue weighted by Gasteiger charge is -2.08. The molecule has 0 bridgehead atoms. The van der Waals surface area contributed by atoms with E-state index >= 15 is 0 Å². The van der Waals surface area contributed by atoms with Crippen LogP contribution in [0.15, 0.2) is 69.6 Å². The van der Waals surface area contributed by atoms with Gasteiger partial charge in [0, 0.05) is 43.0 Å². The minimum Gasteiger partial charge on any atom is -0.341 e. The number of aryl methyl sites for hydroxylation is 1. The fourth-order valence-corrected chi connectivity index (χ4v) is 4.13. The zero-order valence-electron chi connectivity index (χ0n) is 14.1. The third kappa shape index (κ3) is 2.95. The van der Waals surface area contributed by atoms with Gasteiger partial charge < -0.3 is 9.88 Å². The lowest BCUT2D eigenvalue weighted by molar-refractivity contribution is 0.102. The highest BCUT2D eigenvalue weighted by Gasteiger charge is 2.13. The predicted octanol–water partition coefficient (Wildman–Crippen LogP) is 6.59. The van der Waals surface area contributed by atoms with Crippen LogP contribution in [-0.4, -0.2) is 10.5 Å². The summed E-state index contributed by atoms with van der Waals surface area (Å²) in [5.74, 6) is -0.142. The van der Waals surface area contributed by atoms with Crippen LogP contribution in [0.2, 0.25) is 0 Å². The largest absolute Gasteiger partial charge is 0.341 e. The molecule has 1 heterocycles. The number of hydrogen-bond acceptors (Lipinski definition) is 1. The van der Waals surface area contributed by atoms with E-state index in [4.69, 9.17) is 0 Å². The molecular weight excluding hydrogens is 456 g/mol. The number of hydrogen-bond donors (Lipinski definition) is 1. The number of fused-ring (bicyclic) bond motifs is 3. The summed E-state index contributed by atoms with van der Waals surface area (Å²) < 4.78 is 3.93. The van der Waals surface area contributed by atoms with E-state index in [-0.39, 0.29) is 5.91 Å². The van der Waals surface area contributed by atoms with E-state index in [9.17, 15) is 4.79 Å². The summed E-state index contributed by atoms with van der Waals surface area (Å²) >= 11 is 6.86. The number of carbonyl (C=O) groups excluding carboxylic acids is 1. The third-order valence-corrected chi connectivity index (χ3v) is 5.70. The van der Waals surface area contributed by atoms with Crippen molar-refractivity contribution in [2.45, 2.75) is 13.5 Å². The predicted molar refractivity (Wildman–Crippen MR) is 115 cm³/mol. The molecule has 4 aromatic rings. The van der Waals surface area contributed by atoms with Crippen molar-refractivity contribution in [1.29, 1.82) is 0 Å². The Morgan fingerprint density at radius 1 is 0.962 bits per heavy atom. The van der Waals surface area contributed by atoms with Crippen molar-refractivity contribution in [3.05, 3.63) is 75.2 Å². The molecule has 0 saturated heterocycles. The van der Waals surface area contributed by atoms with Crippen LogP contribution < -0.4 is 5.32 Å².